The van der Waals surface area contributed by atoms with Crippen LogP contribution in [-0.4, -0.2) is 13.4 Å². The van der Waals surface area contributed by atoms with Crippen LogP contribution >= 0.6 is 0 Å². The molecule has 0 aliphatic heterocycles. The molecule has 152 valence electrons. The van der Waals surface area contributed by atoms with Gasteiger partial charge in [-0.15, -0.1) is 0 Å². The Morgan fingerprint density at radius 3 is 2.30 bits per heavy atom. The number of rotatable bonds is 5. The zero-order valence-corrected chi connectivity index (χ0v) is 17.0. The lowest BCUT2D eigenvalue weighted by Gasteiger charge is -2.07. The molecule has 0 radical (unpaired) electrons. The Kier molecular flexibility index (Phi) is 5.24. The number of aromatic nitrogens is 1. The quantitative estimate of drug-likeness (QED) is 0.505. The van der Waals surface area contributed by atoms with Crippen LogP contribution in [0.3, 0.4) is 0 Å². The molecule has 1 aromatic heterocycles. The van der Waals surface area contributed by atoms with Gasteiger partial charge in [0.25, 0.3) is 0 Å². The first-order valence-corrected chi connectivity index (χ1v) is 10.8. The van der Waals surface area contributed by atoms with E-state index < -0.39 is 15.8 Å². The van der Waals surface area contributed by atoms with E-state index in [4.69, 9.17) is 9.56 Å². The molecular weight excluding hydrogens is 403 g/mol. The second kappa shape index (κ2) is 7.85. The number of primary sulfonamides is 1. The predicted molar refractivity (Wildman–Crippen MR) is 113 cm³/mol. The van der Waals surface area contributed by atoms with Gasteiger partial charge in [0.2, 0.25) is 10.0 Å². The number of benzene rings is 3. The summed E-state index contributed by atoms with van der Waals surface area (Å²) >= 11 is 0. The molecule has 2 N–H and O–H groups in total. The van der Waals surface area contributed by atoms with E-state index in [0.29, 0.717) is 40.5 Å². The van der Waals surface area contributed by atoms with Gasteiger partial charge in [0.15, 0.2) is 11.7 Å². The van der Waals surface area contributed by atoms with E-state index in [1.807, 2.05) is 30.3 Å². The lowest BCUT2D eigenvalue weighted by atomic mass is 10.0. The molecule has 1 heterocycles. The van der Waals surface area contributed by atoms with E-state index in [0.717, 1.165) is 5.56 Å². The lowest BCUT2D eigenvalue weighted by molar-refractivity contribution is 0.514. The highest BCUT2D eigenvalue weighted by molar-refractivity contribution is 7.89. The SMILES string of the molecule is Cc1cccc(F)c1-c1oc(Cc2ccccc2)nc1-c1ccc(S(N)(=O)=O)cc1. The van der Waals surface area contributed by atoms with E-state index >= 15 is 0 Å². The maximum Gasteiger partial charge on any atom is 0.238 e. The molecule has 7 heteroatoms. The van der Waals surface area contributed by atoms with Gasteiger partial charge in [0.1, 0.15) is 11.5 Å². The second-order valence-corrected chi connectivity index (χ2v) is 8.51. The Hall–Kier alpha value is -3.29. The molecule has 0 fully saturated rings. The Bertz CT molecular complexity index is 1280. The third-order valence-electron chi connectivity index (χ3n) is 4.77. The average Bonchev–Trinajstić information content (AvgIpc) is 3.11. The average molecular weight is 422 g/mol. The number of oxazole rings is 1. The van der Waals surface area contributed by atoms with E-state index in [-0.39, 0.29) is 4.90 Å². The van der Waals surface area contributed by atoms with E-state index in [9.17, 15) is 12.8 Å². The molecule has 0 aliphatic carbocycles. The van der Waals surface area contributed by atoms with Gasteiger partial charge >= 0.3 is 0 Å². The number of aryl methyl sites for hydroxylation is 1. The lowest BCUT2D eigenvalue weighted by Crippen LogP contribution is -2.11. The largest absolute Gasteiger partial charge is 0.440 e. The van der Waals surface area contributed by atoms with Gasteiger partial charge in [0, 0.05) is 12.0 Å². The molecule has 0 saturated heterocycles. The van der Waals surface area contributed by atoms with Crippen molar-refractivity contribution in [1.82, 2.24) is 4.98 Å². The first-order chi connectivity index (χ1) is 14.3. The van der Waals surface area contributed by atoms with Crippen LogP contribution < -0.4 is 5.14 Å². The van der Waals surface area contributed by atoms with Crippen LogP contribution in [0.5, 0.6) is 0 Å². The molecule has 0 bridgehead atoms. The summed E-state index contributed by atoms with van der Waals surface area (Å²) in [6.45, 7) is 1.80. The van der Waals surface area contributed by atoms with E-state index in [1.165, 1.54) is 18.2 Å². The smallest absolute Gasteiger partial charge is 0.238 e. The summed E-state index contributed by atoms with van der Waals surface area (Å²) in [5.41, 5.74) is 3.08. The molecule has 0 unspecified atom stereocenters. The number of nitrogens with two attached hydrogens (primary N) is 1. The molecule has 0 aliphatic rings. The van der Waals surface area contributed by atoms with Gasteiger partial charge in [-0.25, -0.2) is 22.9 Å². The monoisotopic (exact) mass is 422 g/mol. The van der Waals surface area contributed by atoms with Gasteiger partial charge in [0.05, 0.1) is 10.5 Å². The van der Waals surface area contributed by atoms with Gasteiger partial charge in [-0.2, -0.15) is 0 Å². The normalized spacial score (nSPS) is 11.6. The summed E-state index contributed by atoms with van der Waals surface area (Å²) in [6.07, 6.45) is 0.441. The van der Waals surface area contributed by atoms with E-state index in [1.54, 1.807) is 31.2 Å². The summed E-state index contributed by atoms with van der Waals surface area (Å²) in [7, 11) is -3.82. The number of hydrogen-bond acceptors (Lipinski definition) is 4. The molecular formula is C23H19FN2O3S. The summed E-state index contributed by atoms with van der Waals surface area (Å²) in [5, 5.41) is 5.18. The third kappa shape index (κ3) is 4.03. The fourth-order valence-corrected chi connectivity index (χ4v) is 3.81. The molecule has 4 aromatic rings. The molecule has 30 heavy (non-hydrogen) atoms. The standard InChI is InChI=1S/C23H19FN2O3S/c1-15-6-5-9-19(24)21(15)23-22(17-10-12-18(13-11-17)30(25,27)28)26-20(29-23)14-16-7-3-2-4-8-16/h2-13H,14H2,1H3,(H2,25,27,28). The van der Waals surface area contributed by atoms with Gasteiger partial charge < -0.3 is 4.42 Å². The minimum absolute atomic E-state index is 0.0112. The Morgan fingerprint density at radius 2 is 1.67 bits per heavy atom. The molecule has 3 aromatic carbocycles. The Balaban J connectivity index is 1.85. The van der Waals surface area contributed by atoms with Crippen LogP contribution in [0.4, 0.5) is 4.39 Å². The fourth-order valence-electron chi connectivity index (χ4n) is 3.30. The number of sulfonamides is 1. The van der Waals surface area contributed by atoms with E-state index in [2.05, 4.69) is 4.98 Å². The third-order valence-corrected chi connectivity index (χ3v) is 5.70. The molecule has 0 saturated carbocycles. The van der Waals surface area contributed by atoms with Crippen molar-refractivity contribution in [1.29, 1.82) is 0 Å². The topological polar surface area (TPSA) is 86.2 Å². The Labute approximate surface area is 174 Å². The summed E-state index contributed by atoms with van der Waals surface area (Å²) in [4.78, 5) is 4.60. The minimum atomic E-state index is -3.82. The zero-order valence-electron chi connectivity index (χ0n) is 16.2. The van der Waals surface area contributed by atoms with Crippen molar-refractivity contribution in [2.75, 3.05) is 0 Å². The van der Waals surface area contributed by atoms with Gasteiger partial charge in [-0.05, 0) is 36.2 Å². The molecule has 5 nitrogen and oxygen atoms in total. The zero-order chi connectivity index (χ0) is 21.3. The van der Waals surface area contributed by atoms with Crippen molar-refractivity contribution in [2.24, 2.45) is 5.14 Å². The number of halogens is 1. The number of nitrogens with zero attached hydrogens (tertiary/aromatic N) is 1. The van der Waals surface area contributed by atoms with Crippen LogP contribution in [0.2, 0.25) is 0 Å². The van der Waals surface area contributed by atoms with Crippen LogP contribution in [0.25, 0.3) is 22.6 Å². The summed E-state index contributed by atoms with van der Waals surface area (Å²) in [6, 6.07) is 20.5. The minimum Gasteiger partial charge on any atom is -0.440 e. The summed E-state index contributed by atoms with van der Waals surface area (Å²) in [5.74, 6) is 0.323. The highest BCUT2D eigenvalue weighted by Crippen LogP contribution is 2.36. The second-order valence-electron chi connectivity index (χ2n) is 6.95. The van der Waals surface area contributed by atoms with Crippen LogP contribution in [0, 0.1) is 12.7 Å². The Morgan fingerprint density at radius 1 is 0.967 bits per heavy atom. The maximum absolute atomic E-state index is 14.7. The maximum atomic E-state index is 14.7. The van der Waals surface area contributed by atoms with Crippen LogP contribution in [0.1, 0.15) is 17.0 Å². The predicted octanol–water partition coefficient (Wildman–Crippen LogP) is 4.69. The highest BCUT2D eigenvalue weighted by Gasteiger charge is 2.22. The molecule has 0 atom stereocenters. The van der Waals surface area contributed by atoms with Crippen molar-refractivity contribution in [3.05, 3.63) is 95.6 Å². The van der Waals surface area contributed by atoms with Gasteiger partial charge in [-0.3, -0.25) is 0 Å². The highest BCUT2D eigenvalue weighted by atomic mass is 32.2. The van der Waals surface area contributed by atoms with Crippen molar-refractivity contribution < 1.29 is 17.2 Å². The number of hydrogen-bond donors (Lipinski definition) is 1. The van der Waals surface area contributed by atoms with Crippen molar-refractivity contribution in [3.8, 4) is 22.6 Å². The molecule has 0 amide bonds. The van der Waals surface area contributed by atoms with Crippen molar-refractivity contribution >= 4 is 10.0 Å². The summed E-state index contributed by atoms with van der Waals surface area (Å²) < 4.78 is 43.8. The first kappa shape index (κ1) is 20.0. The van der Waals surface area contributed by atoms with Gasteiger partial charge in [-0.1, -0.05) is 54.6 Å². The molecule has 0 spiro atoms. The van der Waals surface area contributed by atoms with Crippen molar-refractivity contribution in [3.63, 3.8) is 0 Å². The van der Waals surface area contributed by atoms with Crippen molar-refractivity contribution in [2.45, 2.75) is 18.2 Å². The fraction of sp³-hybridized carbons (Fsp3) is 0.0870. The van der Waals surface area contributed by atoms with Crippen LogP contribution in [-0.2, 0) is 16.4 Å². The molecule has 4 rings (SSSR count). The van der Waals surface area contributed by atoms with Crippen LogP contribution in [0.15, 0.2) is 82.1 Å². The first-order valence-electron chi connectivity index (χ1n) is 9.25.